The summed E-state index contributed by atoms with van der Waals surface area (Å²) in [6, 6.07) is 4.99. The lowest BCUT2D eigenvalue weighted by Crippen LogP contribution is -2.47. The Morgan fingerprint density at radius 3 is 2.65 bits per heavy atom. The second-order valence-corrected chi connectivity index (χ2v) is 5.65. The molecule has 0 radical (unpaired) electrons. The zero-order chi connectivity index (χ0) is 16.9. The minimum absolute atomic E-state index is 0.0345. The number of nitrogens with one attached hydrogen (secondary N) is 1. The van der Waals surface area contributed by atoms with Crippen LogP contribution in [0, 0.1) is 11.8 Å². The molecule has 1 aromatic carbocycles. The van der Waals surface area contributed by atoms with Gasteiger partial charge in [0.25, 0.3) is 0 Å². The van der Waals surface area contributed by atoms with Crippen LogP contribution in [-0.2, 0) is 11.0 Å². The van der Waals surface area contributed by atoms with E-state index >= 15 is 0 Å². The van der Waals surface area contributed by atoms with Crippen LogP contribution in [0.3, 0.4) is 0 Å². The highest BCUT2D eigenvalue weighted by molar-refractivity contribution is 5.73. The van der Waals surface area contributed by atoms with Crippen LogP contribution in [0.15, 0.2) is 24.3 Å². The van der Waals surface area contributed by atoms with Gasteiger partial charge in [0.15, 0.2) is 0 Å². The first-order chi connectivity index (χ1) is 10.8. The first-order valence-corrected chi connectivity index (χ1v) is 7.50. The van der Waals surface area contributed by atoms with E-state index in [1.807, 2.05) is 0 Å². The van der Waals surface area contributed by atoms with Crippen LogP contribution in [0.5, 0.6) is 0 Å². The van der Waals surface area contributed by atoms with Crippen molar-refractivity contribution in [2.24, 2.45) is 0 Å². The molecular formula is C17H19F3N2O. The lowest BCUT2D eigenvalue weighted by Gasteiger charge is -2.31. The third-order valence-corrected chi connectivity index (χ3v) is 3.66. The van der Waals surface area contributed by atoms with E-state index in [9.17, 15) is 18.0 Å². The third-order valence-electron chi connectivity index (χ3n) is 3.66. The van der Waals surface area contributed by atoms with Gasteiger partial charge in [0.05, 0.1) is 12.1 Å². The number of hydrogen-bond donors (Lipinski definition) is 1. The number of rotatable bonds is 2. The molecule has 1 amide bonds. The molecule has 0 saturated carbocycles. The van der Waals surface area contributed by atoms with E-state index in [1.165, 1.54) is 19.1 Å². The van der Waals surface area contributed by atoms with Crippen LogP contribution >= 0.6 is 0 Å². The molecule has 1 aliphatic rings. The van der Waals surface area contributed by atoms with Crippen molar-refractivity contribution in [3.63, 3.8) is 0 Å². The number of nitrogens with zero attached hydrogens (tertiary/aromatic N) is 1. The van der Waals surface area contributed by atoms with Gasteiger partial charge in [0.2, 0.25) is 5.91 Å². The Balaban J connectivity index is 1.88. The Morgan fingerprint density at radius 1 is 1.35 bits per heavy atom. The van der Waals surface area contributed by atoms with Gasteiger partial charge in [-0.1, -0.05) is 11.8 Å². The van der Waals surface area contributed by atoms with E-state index in [0.717, 1.165) is 38.1 Å². The van der Waals surface area contributed by atoms with Gasteiger partial charge >= 0.3 is 6.18 Å². The summed E-state index contributed by atoms with van der Waals surface area (Å²) >= 11 is 0. The fourth-order valence-corrected chi connectivity index (χ4v) is 2.60. The van der Waals surface area contributed by atoms with Crippen LogP contribution in [0.4, 0.5) is 13.2 Å². The van der Waals surface area contributed by atoms with E-state index in [2.05, 4.69) is 22.1 Å². The number of carbonyl (C=O) groups is 1. The summed E-state index contributed by atoms with van der Waals surface area (Å²) < 4.78 is 37.4. The Bertz CT molecular complexity index is 599. The molecule has 1 atom stereocenters. The average molecular weight is 324 g/mol. The van der Waals surface area contributed by atoms with E-state index in [0.29, 0.717) is 12.1 Å². The predicted octanol–water partition coefficient (Wildman–Crippen LogP) is 2.66. The Morgan fingerprint density at radius 2 is 2.04 bits per heavy atom. The Hall–Kier alpha value is -2.00. The fourth-order valence-electron chi connectivity index (χ4n) is 2.60. The zero-order valence-electron chi connectivity index (χ0n) is 12.9. The molecule has 3 nitrogen and oxygen atoms in total. The molecule has 124 valence electrons. The van der Waals surface area contributed by atoms with Gasteiger partial charge in [-0.25, -0.2) is 0 Å². The van der Waals surface area contributed by atoms with Gasteiger partial charge in [0.1, 0.15) is 0 Å². The van der Waals surface area contributed by atoms with Crippen molar-refractivity contribution in [3.05, 3.63) is 35.4 Å². The maximum atomic E-state index is 12.5. The molecule has 1 heterocycles. The maximum absolute atomic E-state index is 12.5. The van der Waals surface area contributed by atoms with Crippen molar-refractivity contribution in [2.75, 3.05) is 19.6 Å². The largest absolute Gasteiger partial charge is 0.416 e. The molecule has 1 aromatic rings. The molecule has 2 rings (SSSR count). The minimum atomic E-state index is -4.32. The summed E-state index contributed by atoms with van der Waals surface area (Å²) in [6.45, 7) is 3.71. The molecule has 0 aromatic heterocycles. The second kappa shape index (κ2) is 7.51. The third kappa shape index (κ3) is 5.61. The maximum Gasteiger partial charge on any atom is 0.416 e. The Kier molecular flexibility index (Phi) is 5.67. The topological polar surface area (TPSA) is 32.3 Å². The van der Waals surface area contributed by atoms with Crippen molar-refractivity contribution < 1.29 is 18.0 Å². The van der Waals surface area contributed by atoms with E-state index in [4.69, 9.17) is 0 Å². The van der Waals surface area contributed by atoms with Gasteiger partial charge in [-0.2, -0.15) is 13.2 Å². The smallest absolute Gasteiger partial charge is 0.352 e. The summed E-state index contributed by atoms with van der Waals surface area (Å²) in [4.78, 5) is 13.2. The fraction of sp³-hybridized carbons (Fsp3) is 0.471. The van der Waals surface area contributed by atoms with Crippen LogP contribution in [0.2, 0.25) is 0 Å². The van der Waals surface area contributed by atoms with E-state index < -0.39 is 11.7 Å². The van der Waals surface area contributed by atoms with Crippen molar-refractivity contribution in [3.8, 4) is 11.8 Å². The monoisotopic (exact) mass is 324 g/mol. The molecule has 23 heavy (non-hydrogen) atoms. The molecule has 1 aliphatic heterocycles. The lowest BCUT2D eigenvalue weighted by atomic mass is 10.1. The van der Waals surface area contributed by atoms with E-state index in [-0.39, 0.29) is 11.9 Å². The average Bonchev–Trinajstić information content (AvgIpc) is 2.46. The number of hydrogen-bond acceptors (Lipinski definition) is 2. The van der Waals surface area contributed by atoms with Crippen LogP contribution < -0.4 is 5.32 Å². The molecule has 6 heteroatoms. The predicted molar refractivity (Wildman–Crippen MR) is 81.6 cm³/mol. The quantitative estimate of drug-likeness (QED) is 0.848. The molecular weight excluding hydrogens is 305 g/mol. The SMILES string of the molecule is CC(=O)NC1CCCN(CC#Cc2ccc(C(F)(F)F)cc2)C1. The standard InChI is InChI=1S/C17H19F3N2O/c1-13(23)21-16-5-3-11-22(12-16)10-2-4-14-6-8-15(9-7-14)17(18,19)20/h6-9,16H,3,5,10-12H2,1H3,(H,21,23). The minimum Gasteiger partial charge on any atom is -0.352 e. The van der Waals surface area contributed by atoms with Gasteiger partial charge in [-0.05, 0) is 43.7 Å². The number of halogens is 3. The van der Waals surface area contributed by atoms with Crippen molar-refractivity contribution in [1.29, 1.82) is 0 Å². The molecule has 1 saturated heterocycles. The lowest BCUT2D eigenvalue weighted by molar-refractivity contribution is -0.137. The van der Waals surface area contributed by atoms with E-state index in [1.54, 1.807) is 0 Å². The number of amides is 1. The highest BCUT2D eigenvalue weighted by Gasteiger charge is 2.29. The number of likely N-dealkylation sites (tertiary alicyclic amines) is 1. The number of piperidine rings is 1. The first kappa shape index (κ1) is 17.4. The van der Waals surface area contributed by atoms with Crippen LogP contribution in [-0.4, -0.2) is 36.5 Å². The molecule has 0 bridgehead atoms. The van der Waals surface area contributed by atoms with Gasteiger partial charge < -0.3 is 5.32 Å². The van der Waals surface area contributed by atoms with Crippen molar-refractivity contribution in [2.45, 2.75) is 32.0 Å². The van der Waals surface area contributed by atoms with Crippen molar-refractivity contribution in [1.82, 2.24) is 10.2 Å². The summed E-state index contributed by atoms with van der Waals surface area (Å²) in [7, 11) is 0. The van der Waals surface area contributed by atoms with Crippen LogP contribution in [0.25, 0.3) is 0 Å². The summed E-state index contributed by atoms with van der Waals surface area (Å²) in [5.41, 5.74) is -0.106. The molecule has 1 N–H and O–H groups in total. The number of benzene rings is 1. The first-order valence-electron chi connectivity index (χ1n) is 7.50. The summed E-state index contributed by atoms with van der Waals surface area (Å²) in [6.07, 6.45) is -2.37. The second-order valence-electron chi connectivity index (χ2n) is 5.65. The van der Waals surface area contributed by atoms with Gasteiger partial charge in [-0.15, -0.1) is 0 Å². The normalized spacial score (nSPS) is 18.9. The molecule has 0 spiro atoms. The van der Waals surface area contributed by atoms with Gasteiger partial charge in [-0.3, -0.25) is 9.69 Å². The number of carbonyl (C=O) groups excluding carboxylic acids is 1. The highest BCUT2D eigenvalue weighted by atomic mass is 19.4. The van der Waals surface area contributed by atoms with Gasteiger partial charge in [0, 0.05) is 25.1 Å². The summed E-state index contributed by atoms with van der Waals surface area (Å²) in [5, 5.41) is 2.90. The van der Waals surface area contributed by atoms with Crippen molar-refractivity contribution >= 4 is 5.91 Å². The zero-order valence-corrected chi connectivity index (χ0v) is 12.9. The molecule has 1 unspecified atom stereocenters. The molecule has 1 fully saturated rings. The highest BCUT2D eigenvalue weighted by Crippen LogP contribution is 2.28. The Labute approximate surface area is 133 Å². The van der Waals surface area contributed by atoms with Crippen LogP contribution in [0.1, 0.15) is 30.9 Å². The molecule has 0 aliphatic carbocycles. The number of alkyl halides is 3. The summed E-state index contributed by atoms with van der Waals surface area (Å²) in [5.74, 6) is 5.83.